The van der Waals surface area contributed by atoms with E-state index in [0.29, 0.717) is 17.8 Å². The summed E-state index contributed by atoms with van der Waals surface area (Å²) in [5.41, 5.74) is 1.85. The van der Waals surface area contributed by atoms with Crippen LogP contribution < -0.4 is 4.31 Å². The average molecular weight is 416 g/mol. The third-order valence-corrected chi connectivity index (χ3v) is 7.65. The number of anilines is 1. The summed E-state index contributed by atoms with van der Waals surface area (Å²) in [6.07, 6.45) is 1.31. The molecule has 0 amide bonds. The molecule has 0 saturated carbocycles. The van der Waals surface area contributed by atoms with Crippen molar-refractivity contribution >= 4 is 27.5 Å². The number of hydrogen-bond acceptors (Lipinski definition) is 4. The second kappa shape index (κ2) is 7.99. The second-order valence-corrected chi connectivity index (χ2v) is 9.22. The number of carboxylic acid groups (broad SMARTS) is 1. The minimum atomic E-state index is -3.78. The van der Waals surface area contributed by atoms with Gasteiger partial charge in [-0.2, -0.15) is 0 Å². The van der Waals surface area contributed by atoms with Gasteiger partial charge in [-0.25, -0.2) is 8.42 Å². The molecule has 0 fully saturated rings. The minimum absolute atomic E-state index is 0.115. The third-order valence-electron chi connectivity index (χ3n) is 5.87. The van der Waals surface area contributed by atoms with Gasteiger partial charge in [0.1, 0.15) is 0 Å². The molecular weight excluding hydrogens is 390 g/mol. The number of aliphatic carboxylic acids is 1. The first-order valence-corrected chi connectivity index (χ1v) is 11.2. The standard InChI is InChI=1S/C22H25NO5S/c1-3-22(4-2)15-23(19-8-6-5-7-18(19)22)29(27,28)17-11-9-16(10-12-17)20(24)13-14-21(25)26/h5-12H,3-4,13-15H2,1-2H3,(H,25,26). The van der Waals surface area contributed by atoms with Crippen LogP contribution in [0, 0.1) is 0 Å². The Balaban J connectivity index is 1.92. The number of carboxylic acids is 1. The van der Waals surface area contributed by atoms with E-state index < -0.39 is 16.0 Å². The molecule has 0 bridgehead atoms. The zero-order chi connectivity index (χ0) is 21.2. The van der Waals surface area contributed by atoms with Gasteiger partial charge in [0, 0.05) is 23.9 Å². The van der Waals surface area contributed by atoms with E-state index in [9.17, 15) is 18.0 Å². The molecule has 1 heterocycles. The van der Waals surface area contributed by atoms with Crippen LogP contribution in [0.2, 0.25) is 0 Å². The maximum atomic E-state index is 13.4. The summed E-state index contributed by atoms with van der Waals surface area (Å²) in [6, 6.07) is 13.4. The first-order chi connectivity index (χ1) is 13.7. The van der Waals surface area contributed by atoms with Crippen LogP contribution in [0.3, 0.4) is 0 Å². The zero-order valence-corrected chi connectivity index (χ0v) is 17.4. The van der Waals surface area contributed by atoms with Crippen molar-refractivity contribution in [1.29, 1.82) is 0 Å². The Morgan fingerprint density at radius 2 is 1.62 bits per heavy atom. The van der Waals surface area contributed by atoms with Crippen molar-refractivity contribution in [2.24, 2.45) is 0 Å². The number of fused-ring (bicyclic) bond motifs is 1. The summed E-state index contributed by atoms with van der Waals surface area (Å²) >= 11 is 0. The molecule has 0 aliphatic carbocycles. The number of nitrogens with zero attached hydrogens (tertiary/aromatic N) is 1. The molecule has 0 aromatic heterocycles. The summed E-state index contributed by atoms with van der Waals surface area (Å²) < 4.78 is 28.2. The number of rotatable bonds is 8. The molecule has 1 aliphatic rings. The van der Waals surface area contributed by atoms with Gasteiger partial charge in [0.15, 0.2) is 5.78 Å². The summed E-state index contributed by atoms with van der Waals surface area (Å²) in [6.45, 7) is 4.54. The summed E-state index contributed by atoms with van der Waals surface area (Å²) in [7, 11) is -3.78. The van der Waals surface area contributed by atoms with E-state index in [-0.39, 0.29) is 28.9 Å². The maximum absolute atomic E-state index is 13.4. The Bertz CT molecular complexity index is 1020. The van der Waals surface area contributed by atoms with Crippen molar-refractivity contribution < 1.29 is 23.1 Å². The molecule has 1 aliphatic heterocycles. The third kappa shape index (κ3) is 3.79. The molecule has 154 valence electrons. The van der Waals surface area contributed by atoms with Gasteiger partial charge in [0.25, 0.3) is 10.0 Å². The Morgan fingerprint density at radius 1 is 1.00 bits per heavy atom. The van der Waals surface area contributed by atoms with Crippen LogP contribution in [0.4, 0.5) is 5.69 Å². The number of carbonyl (C=O) groups excluding carboxylic acids is 1. The van der Waals surface area contributed by atoms with Gasteiger partial charge in [0.2, 0.25) is 0 Å². The van der Waals surface area contributed by atoms with Gasteiger partial charge in [-0.15, -0.1) is 0 Å². The number of Topliss-reactive ketones (excluding diaryl/α,β-unsaturated/α-hetero) is 1. The van der Waals surface area contributed by atoms with Crippen LogP contribution in [0.15, 0.2) is 53.4 Å². The lowest BCUT2D eigenvalue weighted by atomic mass is 9.78. The minimum Gasteiger partial charge on any atom is -0.481 e. The first-order valence-electron chi connectivity index (χ1n) is 9.72. The van der Waals surface area contributed by atoms with Gasteiger partial charge in [-0.05, 0) is 36.6 Å². The highest BCUT2D eigenvalue weighted by atomic mass is 32.2. The predicted octanol–water partition coefficient (Wildman–Crippen LogP) is 4.00. The monoisotopic (exact) mass is 415 g/mol. The van der Waals surface area contributed by atoms with Crippen molar-refractivity contribution in [2.75, 3.05) is 10.8 Å². The van der Waals surface area contributed by atoms with Gasteiger partial charge >= 0.3 is 5.97 Å². The van der Waals surface area contributed by atoms with E-state index in [1.165, 1.54) is 28.6 Å². The van der Waals surface area contributed by atoms with Crippen LogP contribution >= 0.6 is 0 Å². The molecule has 1 N–H and O–H groups in total. The topological polar surface area (TPSA) is 91.8 Å². The largest absolute Gasteiger partial charge is 0.481 e. The van der Waals surface area contributed by atoms with Crippen molar-refractivity contribution in [3.8, 4) is 0 Å². The Labute approximate surface area is 171 Å². The zero-order valence-electron chi connectivity index (χ0n) is 16.6. The number of para-hydroxylation sites is 1. The average Bonchev–Trinajstić information content (AvgIpc) is 3.08. The quantitative estimate of drug-likeness (QED) is 0.658. The lowest BCUT2D eigenvalue weighted by Crippen LogP contribution is -2.36. The molecule has 0 saturated heterocycles. The Kier molecular flexibility index (Phi) is 5.80. The molecule has 0 radical (unpaired) electrons. The van der Waals surface area contributed by atoms with Crippen molar-refractivity contribution in [1.82, 2.24) is 0 Å². The van der Waals surface area contributed by atoms with E-state index in [1.54, 1.807) is 0 Å². The van der Waals surface area contributed by atoms with Crippen molar-refractivity contribution in [2.45, 2.75) is 49.8 Å². The normalized spacial score (nSPS) is 15.2. The van der Waals surface area contributed by atoms with E-state index >= 15 is 0 Å². The maximum Gasteiger partial charge on any atom is 0.303 e. The fraction of sp³-hybridized carbons (Fsp3) is 0.364. The van der Waals surface area contributed by atoms with Gasteiger partial charge in [0.05, 0.1) is 17.0 Å². The van der Waals surface area contributed by atoms with Crippen LogP contribution in [-0.4, -0.2) is 31.8 Å². The SMILES string of the molecule is CCC1(CC)CN(S(=O)(=O)c2ccc(C(=O)CCC(=O)O)cc2)c2ccccc21. The lowest BCUT2D eigenvalue weighted by Gasteiger charge is -2.28. The Hall–Kier alpha value is -2.67. The smallest absolute Gasteiger partial charge is 0.303 e. The molecular formula is C22H25NO5S. The fourth-order valence-electron chi connectivity index (χ4n) is 3.96. The fourth-order valence-corrected chi connectivity index (χ4v) is 5.53. The van der Waals surface area contributed by atoms with Gasteiger partial charge in [-0.1, -0.05) is 44.2 Å². The van der Waals surface area contributed by atoms with Crippen LogP contribution in [0.1, 0.15) is 55.5 Å². The van der Waals surface area contributed by atoms with E-state index in [4.69, 9.17) is 5.11 Å². The van der Waals surface area contributed by atoms with Gasteiger partial charge < -0.3 is 5.11 Å². The van der Waals surface area contributed by atoms with Crippen LogP contribution in [0.5, 0.6) is 0 Å². The molecule has 0 atom stereocenters. The van der Waals surface area contributed by atoms with Crippen molar-refractivity contribution in [3.63, 3.8) is 0 Å². The molecule has 3 rings (SSSR count). The molecule has 2 aromatic carbocycles. The highest BCUT2D eigenvalue weighted by Gasteiger charge is 2.44. The number of carbonyl (C=O) groups is 2. The second-order valence-electron chi connectivity index (χ2n) is 7.36. The number of benzene rings is 2. The highest BCUT2D eigenvalue weighted by Crippen LogP contribution is 2.46. The van der Waals surface area contributed by atoms with Gasteiger partial charge in [-0.3, -0.25) is 13.9 Å². The molecule has 6 nitrogen and oxygen atoms in total. The summed E-state index contributed by atoms with van der Waals surface area (Å²) in [5, 5.41) is 8.71. The van der Waals surface area contributed by atoms with E-state index in [2.05, 4.69) is 13.8 Å². The van der Waals surface area contributed by atoms with Crippen LogP contribution in [-0.2, 0) is 20.2 Å². The highest BCUT2D eigenvalue weighted by molar-refractivity contribution is 7.92. The lowest BCUT2D eigenvalue weighted by molar-refractivity contribution is -0.136. The summed E-state index contributed by atoms with van der Waals surface area (Å²) in [4.78, 5) is 22.8. The number of ketones is 1. The van der Waals surface area contributed by atoms with Crippen LogP contribution in [0.25, 0.3) is 0 Å². The molecule has 0 spiro atoms. The summed E-state index contributed by atoms with van der Waals surface area (Å²) in [5.74, 6) is -1.36. The number of sulfonamides is 1. The van der Waals surface area contributed by atoms with E-state index in [0.717, 1.165) is 18.4 Å². The number of hydrogen-bond donors (Lipinski definition) is 1. The first kappa shape index (κ1) is 21.0. The van der Waals surface area contributed by atoms with Crippen molar-refractivity contribution in [3.05, 3.63) is 59.7 Å². The predicted molar refractivity (Wildman–Crippen MR) is 111 cm³/mol. The molecule has 29 heavy (non-hydrogen) atoms. The molecule has 0 unspecified atom stereocenters. The van der Waals surface area contributed by atoms with E-state index in [1.807, 2.05) is 24.3 Å². The molecule has 2 aromatic rings. The Morgan fingerprint density at radius 3 is 2.21 bits per heavy atom. The molecule has 7 heteroatoms.